The summed E-state index contributed by atoms with van der Waals surface area (Å²) < 4.78 is 32.0. The molecule has 8 heteroatoms. The molecule has 1 aliphatic rings. The maximum Gasteiger partial charge on any atom is 0.211 e. The molecular weight excluding hydrogens is 328 g/mol. The van der Waals surface area contributed by atoms with Crippen LogP contribution in [0, 0.1) is 0 Å². The Bertz CT molecular complexity index is 740. The van der Waals surface area contributed by atoms with E-state index < -0.39 is 10.0 Å². The van der Waals surface area contributed by atoms with Crippen molar-refractivity contribution in [1.82, 2.24) is 19.9 Å². The van der Waals surface area contributed by atoms with Crippen LogP contribution >= 0.6 is 0 Å². The van der Waals surface area contributed by atoms with Crippen LogP contribution in [0.3, 0.4) is 0 Å². The fourth-order valence-corrected chi connectivity index (χ4v) is 3.81. The van der Waals surface area contributed by atoms with Crippen LogP contribution in [0.5, 0.6) is 0 Å². The number of ether oxygens (including phenoxy) is 1. The highest BCUT2D eigenvalue weighted by atomic mass is 32.2. The predicted octanol–water partition coefficient (Wildman–Crippen LogP) is 1.50. The molecule has 1 saturated heterocycles. The molecule has 1 atom stereocenters. The number of hydrogen-bond donors (Lipinski definition) is 2. The maximum absolute atomic E-state index is 12.0. The summed E-state index contributed by atoms with van der Waals surface area (Å²) >= 11 is 0. The third-order valence-corrected chi connectivity index (χ3v) is 5.40. The molecule has 1 aliphatic heterocycles. The molecule has 0 saturated carbocycles. The third kappa shape index (κ3) is 4.86. The second-order valence-electron chi connectivity index (χ2n) is 5.86. The van der Waals surface area contributed by atoms with Gasteiger partial charge in [-0.2, -0.15) is 5.10 Å². The monoisotopic (exact) mass is 350 g/mol. The van der Waals surface area contributed by atoms with Crippen molar-refractivity contribution in [1.29, 1.82) is 0 Å². The van der Waals surface area contributed by atoms with Crippen LogP contribution in [0.25, 0.3) is 11.4 Å². The Kier molecular flexibility index (Phi) is 5.60. The summed E-state index contributed by atoms with van der Waals surface area (Å²) in [6.07, 6.45) is 3.09. The maximum atomic E-state index is 12.0. The molecule has 0 bridgehead atoms. The number of aromatic amines is 1. The Morgan fingerprint density at radius 1 is 1.29 bits per heavy atom. The first-order valence-electron chi connectivity index (χ1n) is 8.18. The van der Waals surface area contributed by atoms with Gasteiger partial charge in [0.05, 0.1) is 11.9 Å². The van der Waals surface area contributed by atoms with Crippen molar-refractivity contribution in [3.63, 3.8) is 0 Å². The molecule has 0 aliphatic carbocycles. The van der Waals surface area contributed by atoms with Crippen molar-refractivity contribution < 1.29 is 13.2 Å². The average molecular weight is 350 g/mol. The summed E-state index contributed by atoms with van der Waals surface area (Å²) in [7, 11) is -3.28. The first-order valence-corrected chi connectivity index (χ1v) is 9.83. The van der Waals surface area contributed by atoms with Crippen LogP contribution in [0.4, 0.5) is 0 Å². The Balaban J connectivity index is 1.45. The summed E-state index contributed by atoms with van der Waals surface area (Å²) in [5.74, 6) is 1.38. The molecule has 7 nitrogen and oxygen atoms in total. The molecule has 1 fully saturated rings. The lowest BCUT2D eigenvalue weighted by Gasteiger charge is -2.10. The molecule has 0 unspecified atom stereocenters. The highest BCUT2D eigenvalue weighted by Gasteiger charge is 2.19. The van der Waals surface area contributed by atoms with E-state index in [0.29, 0.717) is 31.0 Å². The van der Waals surface area contributed by atoms with Gasteiger partial charge in [-0.05, 0) is 19.3 Å². The molecule has 130 valence electrons. The predicted molar refractivity (Wildman–Crippen MR) is 90.9 cm³/mol. The summed E-state index contributed by atoms with van der Waals surface area (Å²) in [6.45, 7) is 1.05. The van der Waals surface area contributed by atoms with Crippen molar-refractivity contribution >= 4 is 10.0 Å². The number of nitrogens with one attached hydrogen (secondary N) is 2. The van der Waals surface area contributed by atoms with Gasteiger partial charge in [0.15, 0.2) is 5.82 Å². The van der Waals surface area contributed by atoms with E-state index in [9.17, 15) is 8.42 Å². The molecular formula is C16H22N4O3S. The van der Waals surface area contributed by atoms with Gasteiger partial charge in [0.25, 0.3) is 0 Å². The second-order valence-corrected chi connectivity index (χ2v) is 7.79. The van der Waals surface area contributed by atoms with Gasteiger partial charge in [-0.3, -0.25) is 5.10 Å². The van der Waals surface area contributed by atoms with Gasteiger partial charge < -0.3 is 4.74 Å². The quantitative estimate of drug-likeness (QED) is 0.752. The van der Waals surface area contributed by atoms with Gasteiger partial charge >= 0.3 is 0 Å². The zero-order chi connectivity index (χ0) is 16.8. The number of aromatic nitrogens is 3. The zero-order valence-corrected chi connectivity index (χ0v) is 14.3. The van der Waals surface area contributed by atoms with Crippen molar-refractivity contribution in [2.24, 2.45) is 0 Å². The summed E-state index contributed by atoms with van der Waals surface area (Å²) in [5.41, 5.74) is 0.928. The van der Waals surface area contributed by atoms with Gasteiger partial charge in [0.1, 0.15) is 5.82 Å². The minimum absolute atomic E-state index is 0.0873. The van der Waals surface area contributed by atoms with Crippen LogP contribution in [-0.2, 0) is 21.2 Å². The van der Waals surface area contributed by atoms with Crippen molar-refractivity contribution in [2.75, 3.05) is 18.9 Å². The smallest absolute Gasteiger partial charge is 0.211 e. The molecule has 3 rings (SSSR count). The molecule has 0 amide bonds. The number of sulfonamides is 1. The van der Waals surface area contributed by atoms with Gasteiger partial charge in [0, 0.05) is 25.1 Å². The number of rotatable bonds is 8. The number of H-pyrrole nitrogens is 1. The first-order chi connectivity index (χ1) is 11.6. The molecule has 2 N–H and O–H groups in total. The minimum Gasteiger partial charge on any atom is -0.378 e. The van der Waals surface area contributed by atoms with Crippen LogP contribution in [0.1, 0.15) is 25.1 Å². The third-order valence-electron chi connectivity index (χ3n) is 3.98. The Morgan fingerprint density at radius 3 is 2.88 bits per heavy atom. The van der Waals surface area contributed by atoms with E-state index in [1.54, 1.807) is 0 Å². The Morgan fingerprint density at radius 2 is 2.12 bits per heavy atom. The summed E-state index contributed by atoms with van der Waals surface area (Å²) in [5, 5.41) is 7.01. The topological polar surface area (TPSA) is 97.0 Å². The van der Waals surface area contributed by atoms with E-state index in [0.717, 1.165) is 25.0 Å². The van der Waals surface area contributed by atoms with Crippen LogP contribution in [-0.4, -0.2) is 48.6 Å². The first kappa shape index (κ1) is 17.1. The van der Waals surface area contributed by atoms with Crippen LogP contribution < -0.4 is 4.72 Å². The van der Waals surface area contributed by atoms with E-state index in [2.05, 4.69) is 19.9 Å². The number of benzene rings is 1. The Hall–Kier alpha value is -1.77. The molecule has 24 heavy (non-hydrogen) atoms. The molecule has 2 heterocycles. The van der Waals surface area contributed by atoms with E-state index in [4.69, 9.17) is 4.74 Å². The van der Waals surface area contributed by atoms with E-state index >= 15 is 0 Å². The molecule has 2 aromatic rings. The van der Waals surface area contributed by atoms with Crippen LogP contribution in [0.15, 0.2) is 30.3 Å². The molecule has 1 aromatic carbocycles. The van der Waals surface area contributed by atoms with E-state index in [1.807, 2.05) is 30.3 Å². The van der Waals surface area contributed by atoms with Gasteiger partial charge in [-0.1, -0.05) is 30.3 Å². The lowest BCUT2D eigenvalue weighted by Crippen LogP contribution is -2.30. The average Bonchev–Trinajstić information content (AvgIpc) is 3.26. The van der Waals surface area contributed by atoms with Crippen molar-refractivity contribution in [3.05, 3.63) is 36.2 Å². The number of nitrogens with zero attached hydrogens (tertiary/aromatic N) is 2. The fraction of sp³-hybridized carbons (Fsp3) is 0.500. The van der Waals surface area contributed by atoms with Gasteiger partial charge in [-0.15, -0.1) is 0 Å². The normalized spacial score (nSPS) is 18.1. The highest BCUT2D eigenvalue weighted by molar-refractivity contribution is 7.89. The lowest BCUT2D eigenvalue weighted by atomic mass is 10.2. The largest absolute Gasteiger partial charge is 0.378 e. The van der Waals surface area contributed by atoms with E-state index in [1.165, 1.54) is 0 Å². The fourth-order valence-electron chi connectivity index (χ4n) is 2.68. The second kappa shape index (κ2) is 7.87. The molecule has 0 spiro atoms. The SMILES string of the molecule is O=S(=O)(CC[C@@H]1CCCO1)NCCc1nc(-c2ccccc2)n[nH]1. The highest BCUT2D eigenvalue weighted by Crippen LogP contribution is 2.16. The van der Waals surface area contributed by atoms with Crippen molar-refractivity contribution in [3.8, 4) is 11.4 Å². The standard InChI is InChI=1S/C16H22N4O3S/c21-24(22,12-9-14-7-4-11-23-14)17-10-8-15-18-16(20-19-15)13-5-2-1-3-6-13/h1-3,5-6,14,17H,4,7-12H2,(H,18,19,20)/t14-/m0/s1. The zero-order valence-electron chi connectivity index (χ0n) is 13.4. The molecule has 0 radical (unpaired) electrons. The van der Waals surface area contributed by atoms with E-state index in [-0.39, 0.29) is 11.9 Å². The van der Waals surface area contributed by atoms with Crippen molar-refractivity contribution in [2.45, 2.75) is 31.8 Å². The summed E-state index contributed by atoms with van der Waals surface area (Å²) in [4.78, 5) is 4.39. The number of hydrogen-bond acceptors (Lipinski definition) is 5. The lowest BCUT2D eigenvalue weighted by molar-refractivity contribution is 0.109. The Labute approximate surface area is 141 Å². The van der Waals surface area contributed by atoms with Crippen LogP contribution in [0.2, 0.25) is 0 Å². The minimum atomic E-state index is -3.28. The van der Waals surface area contributed by atoms with Gasteiger partial charge in [-0.25, -0.2) is 18.1 Å². The summed E-state index contributed by atoms with van der Waals surface area (Å²) in [6, 6.07) is 9.64. The molecule has 1 aromatic heterocycles. The van der Waals surface area contributed by atoms with Gasteiger partial charge in [0.2, 0.25) is 10.0 Å².